The number of hydrogen-bond acceptors (Lipinski definition) is 3. The standard InChI is InChI=1S/C11H12O3/c12-10-6-7-11(14-10)13-8-9-4-2-1-3-5-9/h1-5,11H,6-8H2/t11-/m0/s1. The van der Waals surface area contributed by atoms with E-state index in [0.29, 0.717) is 19.4 Å². The van der Waals surface area contributed by atoms with E-state index < -0.39 is 0 Å². The Morgan fingerprint density at radius 3 is 2.79 bits per heavy atom. The highest BCUT2D eigenvalue weighted by atomic mass is 16.7. The van der Waals surface area contributed by atoms with E-state index in [2.05, 4.69) is 0 Å². The lowest BCUT2D eigenvalue weighted by Gasteiger charge is -2.10. The fraction of sp³-hybridized carbons (Fsp3) is 0.364. The molecule has 0 saturated carbocycles. The van der Waals surface area contributed by atoms with Crippen molar-refractivity contribution in [3.63, 3.8) is 0 Å². The Balaban J connectivity index is 1.80. The van der Waals surface area contributed by atoms with Crippen LogP contribution in [0.25, 0.3) is 0 Å². The van der Waals surface area contributed by atoms with Gasteiger partial charge in [0, 0.05) is 6.42 Å². The van der Waals surface area contributed by atoms with Crippen LogP contribution in [-0.4, -0.2) is 12.3 Å². The lowest BCUT2D eigenvalue weighted by molar-refractivity contribution is -0.164. The number of ether oxygens (including phenoxy) is 2. The maximum absolute atomic E-state index is 10.8. The summed E-state index contributed by atoms with van der Waals surface area (Å²) in [7, 11) is 0. The molecule has 1 fully saturated rings. The molecule has 3 nitrogen and oxygen atoms in total. The van der Waals surface area contributed by atoms with Crippen LogP contribution in [-0.2, 0) is 20.9 Å². The van der Waals surface area contributed by atoms with Crippen LogP contribution >= 0.6 is 0 Å². The fourth-order valence-corrected chi connectivity index (χ4v) is 1.38. The predicted molar refractivity (Wildman–Crippen MR) is 50.3 cm³/mol. The largest absolute Gasteiger partial charge is 0.436 e. The second-order valence-corrected chi connectivity index (χ2v) is 3.25. The summed E-state index contributed by atoms with van der Waals surface area (Å²) in [6.07, 6.45) is 0.799. The number of esters is 1. The van der Waals surface area contributed by atoms with E-state index in [1.54, 1.807) is 0 Å². The molecule has 0 aliphatic carbocycles. The number of cyclic esters (lactones) is 1. The van der Waals surface area contributed by atoms with Crippen LogP contribution < -0.4 is 0 Å². The van der Waals surface area contributed by atoms with Crippen LogP contribution in [0.5, 0.6) is 0 Å². The maximum Gasteiger partial charge on any atom is 0.308 e. The Kier molecular flexibility index (Phi) is 2.79. The Labute approximate surface area is 82.6 Å². The van der Waals surface area contributed by atoms with E-state index >= 15 is 0 Å². The van der Waals surface area contributed by atoms with Crippen molar-refractivity contribution in [2.75, 3.05) is 0 Å². The smallest absolute Gasteiger partial charge is 0.308 e. The molecule has 0 bridgehead atoms. The van der Waals surface area contributed by atoms with Gasteiger partial charge in [-0.1, -0.05) is 30.3 Å². The summed E-state index contributed by atoms with van der Waals surface area (Å²) in [6.45, 7) is 0.499. The molecular weight excluding hydrogens is 180 g/mol. The third kappa shape index (κ3) is 2.33. The van der Waals surface area contributed by atoms with E-state index in [1.807, 2.05) is 30.3 Å². The van der Waals surface area contributed by atoms with E-state index in [0.717, 1.165) is 5.56 Å². The summed E-state index contributed by atoms with van der Waals surface area (Å²) in [5.74, 6) is -0.164. The molecule has 1 aliphatic rings. The van der Waals surface area contributed by atoms with Crippen LogP contribution in [0, 0.1) is 0 Å². The van der Waals surface area contributed by atoms with Crippen molar-refractivity contribution in [3.05, 3.63) is 35.9 Å². The molecule has 0 N–H and O–H groups in total. The molecule has 3 heteroatoms. The number of carbonyl (C=O) groups is 1. The Morgan fingerprint density at radius 1 is 1.36 bits per heavy atom. The van der Waals surface area contributed by atoms with Gasteiger partial charge in [0.25, 0.3) is 0 Å². The van der Waals surface area contributed by atoms with Gasteiger partial charge in [-0.15, -0.1) is 0 Å². The van der Waals surface area contributed by atoms with Crippen LogP contribution in [0.2, 0.25) is 0 Å². The zero-order valence-corrected chi connectivity index (χ0v) is 7.81. The van der Waals surface area contributed by atoms with Crippen molar-refractivity contribution >= 4 is 5.97 Å². The van der Waals surface area contributed by atoms with Gasteiger partial charge in [-0.05, 0) is 5.56 Å². The average molecular weight is 192 g/mol. The van der Waals surface area contributed by atoms with Crippen LogP contribution in [0.15, 0.2) is 30.3 Å². The third-order valence-electron chi connectivity index (χ3n) is 2.13. The summed E-state index contributed by atoms with van der Waals surface area (Å²) in [5, 5.41) is 0. The van der Waals surface area contributed by atoms with Gasteiger partial charge in [0.2, 0.25) is 6.29 Å². The number of hydrogen-bond donors (Lipinski definition) is 0. The number of carbonyl (C=O) groups excluding carboxylic acids is 1. The summed E-state index contributed by atoms with van der Waals surface area (Å²) >= 11 is 0. The zero-order chi connectivity index (χ0) is 9.80. The summed E-state index contributed by atoms with van der Waals surface area (Å²) < 4.78 is 10.3. The average Bonchev–Trinajstić information content (AvgIpc) is 2.63. The molecule has 0 aromatic heterocycles. The van der Waals surface area contributed by atoms with Gasteiger partial charge >= 0.3 is 5.97 Å². The molecule has 0 spiro atoms. The first kappa shape index (κ1) is 9.21. The lowest BCUT2D eigenvalue weighted by Crippen LogP contribution is -2.11. The first-order valence-corrected chi connectivity index (χ1v) is 4.69. The summed E-state index contributed by atoms with van der Waals surface area (Å²) in [6, 6.07) is 9.84. The minimum Gasteiger partial charge on any atom is -0.436 e. The molecule has 0 amide bonds. The minimum atomic E-state index is -0.345. The van der Waals surface area contributed by atoms with Gasteiger partial charge in [0.1, 0.15) is 0 Å². The van der Waals surface area contributed by atoms with Crippen molar-refractivity contribution in [2.45, 2.75) is 25.7 Å². The molecule has 1 saturated heterocycles. The first-order valence-electron chi connectivity index (χ1n) is 4.69. The van der Waals surface area contributed by atoms with Gasteiger partial charge in [-0.3, -0.25) is 4.79 Å². The van der Waals surface area contributed by atoms with E-state index in [1.165, 1.54) is 0 Å². The molecule has 0 unspecified atom stereocenters. The quantitative estimate of drug-likeness (QED) is 0.686. The van der Waals surface area contributed by atoms with E-state index in [4.69, 9.17) is 9.47 Å². The zero-order valence-electron chi connectivity index (χ0n) is 7.81. The van der Waals surface area contributed by atoms with Gasteiger partial charge in [-0.25, -0.2) is 0 Å². The van der Waals surface area contributed by atoms with Gasteiger partial charge in [-0.2, -0.15) is 0 Å². The highest BCUT2D eigenvalue weighted by molar-refractivity contribution is 5.71. The molecule has 1 aliphatic heterocycles. The molecule has 1 heterocycles. The minimum absolute atomic E-state index is 0.164. The highest BCUT2D eigenvalue weighted by Crippen LogP contribution is 2.16. The lowest BCUT2D eigenvalue weighted by atomic mass is 10.2. The van der Waals surface area contributed by atoms with Crippen molar-refractivity contribution in [1.82, 2.24) is 0 Å². The third-order valence-corrected chi connectivity index (χ3v) is 2.13. The SMILES string of the molecule is O=C1CC[C@@H](OCc2ccccc2)O1. The van der Waals surface area contributed by atoms with E-state index in [9.17, 15) is 4.79 Å². The Bertz CT molecular complexity index is 308. The topological polar surface area (TPSA) is 35.5 Å². The van der Waals surface area contributed by atoms with Crippen molar-refractivity contribution in [2.24, 2.45) is 0 Å². The van der Waals surface area contributed by atoms with Crippen molar-refractivity contribution in [3.8, 4) is 0 Å². The number of rotatable bonds is 3. The van der Waals surface area contributed by atoms with E-state index in [-0.39, 0.29) is 12.3 Å². The normalized spacial score (nSPS) is 20.9. The van der Waals surface area contributed by atoms with Crippen LogP contribution in [0.1, 0.15) is 18.4 Å². The molecule has 14 heavy (non-hydrogen) atoms. The predicted octanol–water partition coefficient (Wildman–Crippen LogP) is 1.87. The van der Waals surface area contributed by atoms with Gasteiger partial charge in [0.15, 0.2) is 0 Å². The highest BCUT2D eigenvalue weighted by Gasteiger charge is 2.23. The summed E-state index contributed by atoms with van der Waals surface area (Å²) in [4.78, 5) is 10.8. The number of benzene rings is 1. The molecule has 74 valence electrons. The van der Waals surface area contributed by atoms with Gasteiger partial charge < -0.3 is 9.47 Å². The molecule has 1 aromatic rings. The second kappa shape index (κ2) is 4.24. The molecule has 1 atom stereocenters. The second-order valence-electron chi connectivity index (χ2n) is 3.25. The molecule has 2 rings (SSSR count). The Hall–Kier alpha value is -1.35. The monoisotopic (exact) mass is 192 g/mol. The van der Waals surface area contributed by atoms with Crippen molar-refractivity contribution in [1.29, 1.82) is 0 Å². The molecule has 0 radical (unpaired) electrons. The van der Waals surface area contributed by atoms with Crippen molar-refractivity contribution < 1.29 is 14.3 Å². The fourth-order valence-electron chi connectivity index (χ4n) is 1.38. The first-order chi connectivity index (χ1) is 6.84. The Morgan fingerprint density at radius 2 is 2.14 bits per heavy atom. The summed E-state index contributed by atoms with van der Waals surface area (Å²) in [5.41, 5.74) is 1.09. The molecule has 1 aromatic carbocycles. The van der Waals surface area contributed by atoms with Crippen LogP contribution in [0.4, 0.5) is 0 Å². The maximum atomic E-state index is 10.8. The van der Waals surface area contributed by atoms with Crippen LogP contribution in [0.3, 0.4) is 0 Å². The van der Waals surface area contributed by atoms with Gasteiger partial charge in [0.05, 0.1) is 13.0 Å². The molecular formula is C11H12O3.